The standard InChI is InChI=1S/C15H21BrF2N2/c1-2-15(7-3-4-8-15)13(20-19)9-10-12(17)6-5-11(16)14(10)18/h5-6,13,20H,2-4,7-9,19H2,1H3. The van der Waals surface area contributed by atoms with Crippen molar-refractivity contribution in [2.24, 2.45) is 11.3 Å². The monoisotopic (exact) mass is 346 g/mol. The quantitative estimate of drug-likeness (QED) is 0.479. The fourth-order valence-electron chi connectivity index (χ4n) is 3.44. The Hall–Kier alpha value is -0.520. The molecule has 0 spiro atoms. The Morgan fingerprint density at radius 1 is 1.35 bits per heavy atom. The van der Waals surface area contributed by atoms with Crippen LogP contribution < -0.4 is 11.3 Å². The molecule has 3 N–H and O–H groups in total. The van der Waals surface area contributed by atoms with Crippen LogP contribution in [-0.4, -0.2) is 6.04 Å². The lowest BCUT2D eigenvalue weighted by molar-refractivity contribution is 0.183. The molecule has 0 aromatic heterocycles. The molecule has 2 nitrogen and oxygen atoms in total. The van der Waals surface area contributed by atoms with E-state index in [1.165, 1.54) is 12.1 Å². The molecule has 0 heterocycles. The van der Waals surface area contributed by atoms with Gasteiger partial charge < -0.3 is 0 Å². The first-order chi connectivity index (χ1) is 9.54. The van der Waals surface area contributed by atoms with E-state index in [1.807, 2.05) is 0 Å². The normalized spacial score (nSPS) is 19.2. The third-order valence-corrected chi connectivity index (χ3v) is 5.40. The zero-order chi connectivity index (χ0) is 14.8. The summed E-state index contributed by atoms with van der Waals surface area (Å²) in [6.45, 7) is 2.13. The van der Waals surface area contributed by atoms with Gasteiger partial charge in [0, 0.05) is 11.6 Å². The highest BCUT2D eigenvalue weighted by Gasteiger charge is 2.40. The average Bonchev–Trinajstić information content (AvgIpc) is 2.93. The van der Waals surface area contributed by atoms with Gasteiger partial charge in [0.25, 0.3) is 0 Å². The van der Waals surface area contributed by atoms with Crippen LogP contribution in [0.5, 0.6) is 0 Å². The Bertz CT molecular complexity index is 473. The molecule has 1 atom stereocenters. The Kier molecular flexibility index (Phi) is 5.15. The van der Waals surface area contributed by atoms with E-state index in [9.17, 15) is 8.78 Å². The maximum absolute atomic E-state index is 14.1. The lowest BCUT2D eigenvalue weighted by Crippen LogP contribution is -2.48. The van der Waals surface area contributed by atoms with Crippen LogP contribution in [0.15, 0.2) is 16.6 Å². The molecule has 2 rings (SSSR count). The summed E-state index contributed by atoms with van der Waals surface area (Å²) in [5, 5.41) is 0. The topological polar surface area (TPSA) is 38.0 Å². The summed E-state index contributed by atoms with van der Waals surface area (Å²) >= 11 is 3.11. The zero-order valence-electron chi connectivity index (χ0n) is 11.7. The van der Waals surface area contributed by atoms with Crippen molar-refractivity contribution in [2.75, 3.05) is 0 Å². The number of nitrogens with two attached hydrogens (primary N) is 1. The molecule has 1 aromatic carbocycles. The first kappa shape index (κ1) is 15.9. The highest BCUT2D eigenvalue weighted by molar-refractivity contribution is 9.10. The zero-order valence-corrected chi connectivity index (χ0v) is 13.3. The SMILES string of the molecule is CCC1(C(Cc2c(F)ccc(Br)c2F)NN)CCCC1. The highest BCUT2D eigenvalue weighted by atomic mass is 79.9. The second-order valence-corrected chi connectivity index (χ2v) is 6.52. The van der Waals surface area contributed by atoms with E-state index in [2.05, 4.69) is 28.3 Å². The largest absolute Gasteiger partial charge is 0.271 e. The van der Waals surface area contributed by atoms with Crippen molar-refractivity contribution in [1.82, 2.24) is 5.43 Å². The fraction of sp³-hybridized carbons (Fsp3) is 0.600. The van der Waals surface area contributed by atoms with Gasteiger partial charge in [-0.3, -0.25) is 11.3 Å². The van der Waals surface area contributed by atoms with Gasteiger partial charge in [-0.05, 0) is 59.2 Å². The summed E-state index contributed by atoms with van der Waals surface area (Å²) in [7, 11) is 0. The van der Waals surface area contributed by atoms with E-state index in [0.29, 0.717) is 4.47 Å². The maximum Gasteiger partial charge on any atom is 0.143 e. The van der Waals surface area contributed by atoms with Gasteiger partial charge in [-0.2, -0.15) is 0 Å². The third kappa shape index (κ3) is 2.90. The Morgan fingerprint density at radius 2 is 2.00 bits per heavy atom. The van der Waals surface area contributed by atoms with Crippen molar-refractivity contribution in [3.63, 3.8) is 0 Å². The molecule has 1 aliphatic rings. The summed E-state index contributed by atoms with van der Waals surface area (Å²) in [5.41, 5.74) is 2.97. The van der Waals surface area contributed by atoms with E-state index in [-0.39, 0.29) is 23.4 Å². The minimum Gasteiger partial charge on any atom is -0.271 e. The summed E-state index contributed by atoms with van der Waals surface area (Å²) in [6.07, 6.45) is 5.71. The van der Waals surface area contributed by atoms with Crippen LogP contribution in [0.4, 0.5) is 8.78 Å². The summed E-state index contributed by atoms with van der Waals surface area (Å²) in [6, 6.07) is 2.58. The first-order valence-electron chi connectivity index (χ1n) is 7.12. The molecule has 0 aliphatic heterocycles. The van der Waals surface area contributed by atoms with Crippen molar-refractivity contribution in [3.05, 3.63) is 33.8 Å². The minimum absolute atomic E-state index is 0.0515. The lowest BCUT2D eigenvalue weighted by Gasteiger charge is -2.36. The number of rotatable bonds is 5. The van der Waals surface area contributed by atoms with E-state index in [0.717, 1.165) is 32.1 Å². The predicted molar refractivity (Wildman–Crippen MR) is 80.1 cm³/mol. The number of halogens is 3. The van der Waals surface area contributed by atoms with Crippen LogP contribution in [0.1, 0.15) is 44.6 Å². The van der Waals surface area contributed by atoms with E-state index >= 15 is 0 Å². The maximum atomic E-state index is 14.1. The van der Waals surface area contributed by atoms with Crippen LogP contribution in [0.25, 0.3) is 0 Å². The molecule has 0 amide bonds. The molecule has 1 fully saturated rings. The van der Waals surface area contributed by atoms with Crippen LogP contribution in [-0.2, 0) is 6.42 Å². The van der Waals surface area contributed by atoms with Crippen molar-refractivity contribution >= 4 is 15.9 Å². The van der Waals surface area contributed by atoms with E-state index in [1.54, 1.807) is 0 Å². The third-order valence-electron chi connectivity index (χ3n) is 4.79. The van der Waals surface area contributed by atoms with Crippen LogP contribution in [0.2, 0.25) is 0 Å². The molecule has 0 radical (unpaired) electrons. The number of hydrazine groups is 1. The van der Waals surface area contributed by atoms with Gasteiger partial charge in [-0.15, -0.1) is 0 Å². The van der Waals surface area contributed by atoms with Gasteiger partial charge in [-0.25, -0.2) is 8.78 Å². The molecule has 1 saturated carbocycles. The number of hydrogen-bond donors (Lipinski definition) is 2. The predicted octanol–water partition coefficient (Wildman–Crippen LogP) is 4.07. The highest BCUT2D eigenvalue weighted by Crippen LogP contribution is 2.45. The van der Waals surface area contributed by atoms with E-state index < -0.39 is 11.6 Å². The molecule has 0 bridgehead atoms. The average molecular weight is 347 g/mol. The van der Waals surface area contributed by atoms with E-state index in [4.69, 9.17) is 5.84 Å². The van der Waals surface area contributed by atoms with Gasteiger partial charge in [0.1, 0.15) is 11.6 Å². The van der Waals surface area contributed by atoms with Crippen molar-refractivity contribution in [3.8, 4) is 0 Å². The lowest BCUT2D eigenvalue weighted by atomic mass is 9.74. The van der Waals surface area contributed by atoms with Crippen molar-refractivity contribution < 1.29 is 8.78 Å². The van der Waals surface area contributed by atoms with Crippen LogP contribution in [0.3, 0.4) is 0 Å². The molecular weight excluding hydrogens is 326 g/mol. The summed E-state index contributed by atoms with van der Waals surface area (Å²) in [5.74, 6) is 4.67. The minimum atomic E-state index is -0.519. The second-order valence-electron chi connectivity index (χ2n) is 5.67. The van der Waals surface area contributed by atoms with Crippen molar-refractivity contribution in [1.29, 1.82) is 0 Å². The van der Waals surface area contributed by atoms with Gasteiger partial charge in [0.2, 0.25) is 0 Å². The number of benzene rings is 1. The second kappa shape index (κ2) is 6.50. The summed E-state index contributed by atoms with van der Waals surface area (Å²) < 4.78 is 28.3. The Balaban J connectivity index is 2.29. The van der Waals surface area contributed by atoms with Crippen LogP contribution >= 0.6 is 15.9 Å². The van der Waals surface area contributed by atoms with Gasteiger partial charge in [0.05, 0.1) is 4.47 Å². The molecule has 1 unspecified atom stereocenters. The molecular formula is C15H21BrF2N2. The van der Waals surface area contributed by atoms with Crippen LogP contribution in [0, 0.1) is 17.0 Å². The molecule has 20 heavy (non-hydrogen) atoms. The van der Waals surface area contributed by atoms with Gasteiger partial charge in [-0.1, -0.05) is 19.8 Å². The first-order valence-corrected chi connectivity index (χ1v) is 7.92. The van der Waals surface area contributed by atoms with Gasteiger partial charge >= 0.3 is 0 Å². The molecule has 1 aliphatic carbocycles. The number of nitrogens with one attached hydrogen (secondary N) is 1. The molecule has 5 heteroatoms. The summed E-state index contributed by atoms with van der Waals surface area (Å²) in [4.78, 5) is 0. The molecule has 0 saturated heterocycles. The molecule has 112 valence electrons. The van der Waals surface area contributed by atoms with Crippen molar-refractivity contribution in [2.45, 2.75) is 51.5 Å². The Morgan fingerprint density at radius 3 is 2.55 bits per heavy atom. The number of hydrogen-bond acceptors (Lipinski definition) is 2. The Labute approximate surface area is 127 Å². The smallest absolute Gasteiger partial charge is 0.143 e. The molecule has 1 aromatic rings. The van der Waals surface area contributed by atoms with Gasteiger partial charge in [0.15, 0.2) is 0 Å². The fourth-order valence-corrected chi connectivity index (χ4v) is 3.81.